The van der Waals surface area contributed by atoms with Crippen molar-refractivity contribution in [3.63, 3.8) is 0 Å². The van der Waals surface area contributed by atoms with Crippen molar-refractivity contribution in [1.82, 2.24) is 9.13 Å². The van der Waals surface area contributed by atoms with Gasteiger partial charge in [-0.2, -0.15) is 0 Å². The number of aromatic nitrogens is 2. The number of hydrogen-bond acceptors (Lipinski definition) is 8. The molecule has 0 spiro atoms. The Morgan fingerprint density at radius 1 is 0.500 bits per heavy atom. The summed E-state index contributed by atoms with van der Waals surface area (Å²) in [5.41, 5.74) is 7.09. The highest BCUT2D eigenvalue weighted by Crippen LogP contribution is 2.36. The van der Waals surface area contributed by atoms with Crippen LogP contribution in [-0.4, -0.2) is 49.9 Å². The summed E-state index contributed by atoms with van der Waals surface area (Å²) in [7, 11) is 7.85. The van der Waals surface area contributed by atoms with Crippen molar-refractivity contribution in [2.45, 2.75) is 34.4 Å². The fraction of sp³-hybridized carbons (Fsp3) is 0.174. The largest absolute Gasteiger partial charge is 0.378 e. The Labute approximate surface area is 334 Å². The maximum atomic E-state index is 14.0. The van der Waals surface area contributed by atoms with E-state index in [2.05, 4.69) is 6.07 Å². The molecule has 56 heavy (non-hydrogen) atoms. The van der Waals surface area contributed by atoms with Gasteiger partial charge in [0.2, 0.25) is 0 Å². The topological polar surface area (TPSA) is 84.6 Å². The zero-order valence-electron chi connectivity index (χ0n) is 31.8. The second kappa shape index (κ2) is 16.9. The van der Waals surface area contributed by atoms with Gasteiger partial charge in [0.1, 0.15) is 0 Å². The van der Waals surface area contributed by atoms with Gasteiger partial charge < -0.3 is 18.9 Å². The highest BCUT2D eigenvalue weighted by molar-refractivity contribution is 7.99. The number of carbonyl (C=O) groups excluding carboxylic acids is 2. The van der Waals surface area contributed by atoms with E-state index < -0.39 is 0 Å². The molecule has 0 aliphatic carbocycles. The maximum Gasteiger partial charge on any atom is 0.263 e. The predicted molar refractivity (Wildman–Crippen MR) is 232 cm³/mol. The van der Waals surface area contributed by atoms with Crippen molar-refractivity contribution in [3.8, 4) is 0 Å². The van der Waals surface area contributed by atoms with Gasteiger partial charge >= 0.3 is 0 Å². The molecule has 0 saturated heterocycles. The summed E-state index contributed by atoms with van der Waals surface area (Å²) in [5.74, 6) is 1.05. The summed E-state index contributed by atoms with van der Waals surface area (Å²) in [6.07, 6.45) is 1.37. The lowest BCUT2D eigenvalue weighted by molar-refractivity contribution is 0.111. The first-order valence-corrected chi connectivity index (χ1v) is 20.2. The Morgan fingerprint density at radius 2 is 0.893 bits per heavy atom. The molecule has 0 unspecified atom stereocenters. The summed E-state index contributed by atoms with van der Waals surface area (Å²) in [4.78, 5) is 58.5. The van der Waals surface area contributed by atoms with E-state index in [1.807, 2.05) is 153 Å². The van der Waals surface area contributed by atoms with Gasteiger partial charge in [-0.1, -0.05) is 84.9 Å². The monoisotopic (exact) mass is 778 g/mol. The first-order valence-electron chi connectivity index (χ1n) is 18.2. The van der Waals surface area contributed by atoms with E-state index in [-0.39, 0.29) is 22.2 Å². The minimum Gasteiger partial charge on any atom is -0.378 e. The Morgan fingerprint density at radius 3 is 1.27 bits per heavy atom. The van der Waals surface area contributed by atoms with Crippen molar-refractivity contribution in [3.05, 3.63) is 175 Å². The van der Waals surface area contributed by atoms with Gasteiger partial charge in [0.25, 0.3) is 11.1 Å². The number of thioether (sulfide) groups is 2. The van der Waals surface area contributed by atoms with Gasteiger partial charge in [-0.15, -0.1) is 23.5 Å². The van der Waals surface area contributed by atoms with Crippen molar-refractivity contribution < 1.29 is 9.59 Å². The summed E-state index contributed by atoms with van der Waals surface area (Å²) < 4.78 is 3.39. The molecule has 0 saturated carbocycles. The highest BCUT2D eigenvalue weighted by Gasteiger charge is 2.20. The average Bonchev–Trinajstić information content (AvgIpc) is 3.22. The normalized spacial score (nSPS) is 11.2. The molecular weight excluding hydrogens is 737 g/mol. The molecule has 7 rings (SSSR count). The van der Waals surface area contributed by atoms with Crippen LogP contribution in [0.3, 0.4) is 0 Å². The second-order valence-corrected chi connectivity index (χ2v) is 16.0. The van der Waals surface area contributed by atoms with Crippen molar-refractivity contribution >= 4 is 69.3 Å². The van der Waals surface area contributed by atoms with Crippen LogP contribution in [0.1, 0.15) is 43.0 Å². The molecule has 0 fully saturated rings. The van der Waals surface area contributed by atoms with Crippen LogP contribution in [0, 0.1) is 0 Å². The van der Waals surface area contributed by atoms with Crippen LogP contribution < -0.4 is 20.9 Å². The lowest BCUT2D eigenvalue weighted by atomic mass is 10.1. The molecule has 0 bridgehead atoms. The van der Waals surface area contributed by atoms with E-state index in [0.29, 0.717) is 47.0 Å². The van der Waals surface area contributed by atoms with Gasteiger partial charge in [-0.3, -0.25) is 19.2 Å². The Hall–Kier alpha value is -5.84. The molecular formula is C46H42N4O4S2. The van der Waals surface area contributed by atoms with Gasteiger partial charge in [0.05, 0.1) is 35.2 Å². The zero-order valence-corrected chi connectivity index (χ0v) is 33.4. The van der Waals surface area contributed by atoms with E-state index in [4.69, 9.17) is 0 Å². The standard InChI is InChI=1S/C46H42N4O4S2/c1-47(2)35-18-20-37-41(23-35)49(25-31-12-7-5-8-13-31)45(53)39(27-51)43(37)55-29-33-16-11-17-34(22-33)30-56-44-38-21-19-36(48(3)4)24-42(38)50(46(54)40(44)28-52)26-32-14-9-6-10-15-32/h5-24,27-28H,25-26,29-30H2,1-4H3. The van der Waals surface area contributed by atoms with Crippen LogP contribution >= 0.6 is 23.5 Å². The summed E-state index contributed by atoms with van der Waals surface area (Å²) in [6, 6.07) is 39.8. The molecule has 0 aliphatic rings. The minimum absolute atomic E-state index is 0.149. The van der Waals surface area contributed by atoms with E-state index in [1.54, 1.807) is 9.13 Å². The summed E-state index contributed by atoms with van der Waals surface area (Å²) in [5, 5.41) is 1.69. The molecule has 0 radical (unpaired) electrons. The number of anilines is 2. The molecule has 0 amide bonds. The van der Waals surface area contributed by atoms with Crippen LogP contribution in [0.25, 0.3) is 21.8 Å². The summed E-state index contributed by atoms with van der Waals surface area (Å²) in [6.45, 7) is 0.692. The quantitative estimate of drug-likeness (QED) is 0.0801. The number of benzene rings is 5. The molecule has 282 valence electrons. The number of rotatable bonds is 14. The molecule has 0 atom stereocenters. The smallest absolute Gasteiger partial charge is 0.263 e. The fourth-order valence-electron chi connectivity index (χ4n) is 6.91. The molecule has 0 N–H and O–H groups in total. The molecule has 2 aromatic heterocycles. The number of carbonyl (C=O) groups is 2. The minimum atomic E-state index is -0.318. The number of fused-ring (bicyclic) bond motifs is 2. The first kappa shape index (κ1) is 38.4. The number of nitrogens with zero attached hydrogens (tertiary/aromatic N) is 4. The lowest BCUT2D eigenvalue weighted by Crippen LogP contribution is -2.26. The van der Waals surface area contributed by atoms with Crippen LogP contribution in [-0.2, 0) is 24.6 Å². The van der Waals surface area contributed by atoms with Gasteiger partial charge in [-0.25, -0.2) is 0 Å². The van der Waals surface area contributed by atoms with E-state index in [0.717, 1.165) is 55.4 Å². The third-order valence-corrected chi connectivity index (χ3v) is 12.3. The third kappa shape index (κ3) is 7.94. The Bertz CT molecular complexity index is 2510. The Balaban J connectivity index is 1.20. The van der Waals surface area contributed by atoms with E-state index in [1.165, 1.54) is 23.5 Å². The number of hydrogen-bond donors (Lipinski definition) is 0. The SMILES string of the molecule is CN(C)c1ccc2c(SCc3cccc(CSc4c(C=O)c(=O)n(Cc5ccccc5)c5cc(N(C)C)ccc45)c3)c(C=O)c(=O)n(Cc3ccccc3)c2c1. The summed E-state index contributed by atoms with van der Waals surface area (Å²) >= 11 is 2.95. The molecule has 2 heterocycles. The van der Waals surface area contributed by atoms with Crippen LogP contribution in [0.5, 0.6) is 0 Å². The highest BCUT2D eigenvalue weighted by atomic mass is 32.2. The van der Waals surface area contributed by atoms with Crippen LogP contribution in [0.2, 0.25) is 0 Å². The van der Waals surface area contributed by atoms with Crippen molar-refractivity contribution in [1.29, 1.82) is 0 Å². The second-order valence-electron chi connectivity index (χ2n) is 14.1. The van der Waals surface area contributed by atoms with E-state index >= 15 is 0 Å². The van der Waals surface area contributed by atoms with Crippen molar-refractivity contribution in [2.75, 3.05) is 38.0 Å². The van der Waals surface area contributed by atoms with Gasteiger partial charge in [-0.05, 0) is 58.7 Å². The predicted octanol–water partition coefficient (Wildman–Crippen LogP) is 8.75. The molecule has 5 aromatic carbocycles. The van der Waals surface area contributed by atoms with E-state index in [9.17, 15) is 19.2 Å². The molecule has 0 aliphatic heterocycles. The molecule has 7 aromatic rings. The number of aldehydes is 2. The lowest BCUT2D eigenvalue weighted by Gasteiger charge is -2.19. The molecule has 8 nitrogen and oxygen atoms in total. The fourth-order valence-corrected chi connectivity index (χ4v) is 9.13. The van der Waals surface area contributed by atoms with Crippen LogP contribution in [0.4, 0.5) is 11.4 Å². The first-order chi connectivity index (χ1) is 27.2. The van der Waals surface area contributed by atoms with Gasteiger partial charge in [0.15, 0.2) is 12.6 Å². The molecule has 10 heteroatoms. The van der Waals surface area contributed by atoms with Crippen molar-refractivity contribution in [2.24, 2.45) is 0 Å². The zero-order chi connectivity index (χ0) is 39.3. The van der Waals surface area contributed by atoms with Gasteiger partial charge in [0, 0.05) is 71.6 Å². The third-order valence-electron chi connectivity index (χ3n) is 9.87. The average molecular weight is 779 g/mol. The van der Waals surface area contributed by atoms with Crippen LogP contribution in [0.15, 0.2) is 141 Å². The Kier molecular flexibility index (Phi) is 11.6. The number of pyridine rings is 2. The maximum absolute atomic E-state index is 14.0.